The summed E-state index contributed by atoms with van der Waals surface area (Å²) in [6.45, 7) is 14.5. The first-order valence-electron chi connectivity index (χ1n) is 17.1. The number of piperidine rings is 1. The summed E-state index contributed by atoms with van der Waals surface area (Å²) in [6.07, 6.45) is 11.0. The summed E-state index contributed by atoms with van der Waals surface area (Å²) in [5, 5.41) is 11.9. The molecule has 1 saturated heterocycles. The number of hydrogen-bond acceptors (Lipinski definition) is 7. The lowest BCUT2D eigenvalue weighted by Gasteiger charge is -2.33. The minimum absolute atomic E-state index is 0.0283. The van der Waals surface area contributed by atoms with Crippen LogP contribution in [0.3, 0.4) is 0 Å². The highest BCUT2D eigenvalue weighted by Gasteiger charge is 2.29. The van der Waals surface area contributed by atoms with E-state index in [4.69, 9.17) is 14.6 Å². The second-order valence-electron chi connectivity index (χ2n) is 14.6. The lowest BCUT2D eigenvalue weighted by Crippen LogP contribution is -2.42. The van der Waals surface area contributed by atoms with Gasteiger partial charge in [0.05, 0.1) is 28.1 Å². The number of aromatic nitrogens is 2. The Balaban J connectivity index is 1.61. The number of halogens is 3. The SMILES string of the molecule is COCN(/C(=C/C=C\Cc1nn(C2CCN(C(=O)OC(C)(C)C)CC2)cc1C1=CCNC(NC(C)(C)C)=C1)C(C)F)S(=O)c1cc(F)ccc1F. The molecule has 2 aromatic rings. The van der Waals surface area contributed by atoms with E-state index in [-0.39, 0.29) is 30.1 Å². The first kappa shape index (κ1) is 39.7. The van der Waals surface area contributed by atoms with Gasteiger partial charge in [0.2, 0.25) is 0 Å². The monoisotopic (exact) mass is 732 g/mol. The number of carbonyl (C=O) groups excluding carboxylic acids is 1. The van der Waals surface area contributed by atoms with Crippen molar-refractivity contribution in [2.45, 2.75) is 96.0 Å². The number of rotatable bonds is 12. The Bertz CT molecular complexity index is 1680. The van der Waals surface area contributed by atoms with Crippen molar-refractivity contribution in [2.24, 2.45) is 0 Å². The summed E-state index contributed by atoms with van der Waals surface area (Å²) < 4.78 is 70.6. The maximum atomic E-state index is 15.0. The first-order valence-corrected chi connectivity index (χ1v) is 18.2. The van der Waals surface area contributed by atoms with Gasteiger partial charge in [0.1, 0.15) is 30.1 Å². The second-order valence-corrected chi connectivity index (χ2v) is 16.0. The van der Waals surface area contributed by atoms with Crippen molar-refractivity contribution in [3.8, 4) is 0 Å². The summed E-state index contributed by atoms with van der Waals surface area (Å²) in [6, 6.07) is 2.70. The number of nitrogens with one attached hydrogen (secondary N) is 2. The van der Waals surface area contributed by atoms with Gasteiger partial charge in [-0.25, -0.2) is 22.2 Å². The van der Waals surface area contributed by atoms with Crippen LogP contribution >= 0.6 is 0 Å². The third-order valence-electron chi connectivity index (χ3n) is 7.97. The maximum absolute atomic E-state index is 15.0. The summed E-state index contributed by atoms with van der Waals surface area (Å²) in [5.41, 5.74) is 1.98. The van der Waals surface area contributed by atoms with Crippen LogP contribution in [0.15, 0.2) is 71.2 Å². The zero-order valence-corrected chi connectivity index (χ0v) is 31.6. The molecule has 0 spiro atoms. The molecule has 280 valence electrons. The highest BCUT2D eigenvalue weighted by Crippen LogP contribution is 2.29. The zero-order chi connectivity index (χ0) is 37.5. The van der Waals surface area contributed by atoms with E-state index in [9.17, 15) is 22.2 Å². The van der Waals surface area contributed by atoms with Crippen LogP contribution in [-0.4, -0.2) is 80.1 Å². The average Bonchev–Trinajstić information content (AvgIpc) is 3.47. The molecule has 1 aromatic heterocycles. The third kappa shape index (κ3) is 11.2. The number of nitrogens with zero attached hydrogens (tertiary/aromatic N) is 4. The van der Waals surface area contributed by atoms with Crippen LogP contribution in [0.25, 0.3) is 5.57 Å². The molecule has 3 heterocycles. The molecule has 2 aliphatic heterocycles. The molecule has 0 aliphatic carbocycles. The van der Waals surface area contributed by atoms with Crippen molar-refractivity contribution >= 4 is 22.7 Å². The van der Waals surface area contributed by atoms with Gasteiger partial charge in [0.25, 0.3) is 0 Å². The van der Waals surface area contributed by atoms with Gasteiger partial charge in [-0.1, -0.05) is 18.2 Å². The van der Waals surface area contributed by atoms with E-state index < -0.39 is 39.3 Å². The van der Waals surface area contributed by atoms with Crippen LogP contribution in [0, 0.1) is 11.6 Å². The molecule has 0 bridgehead atoms. The Kier molecular flexibility index (Phi) is 13.2. The number of alkyl halides is 1. The van der Waals surface area contributed by atoms with Crippen molar-refractivity contribution in [3.05, 3.63) is 89.2 Å². The summed E-state index contributed by atoms with van der Waals surface area (Å²) in [5.74, 6) is -0.747. The Morgan fingerprint density at radius 2 is 1.90 bits per heavy atom. The standard InChI is InChI=1S/C37H51F3N6O4S/c1-25(38)32(46(24-49-8)51(48)33-22-27(39)13-14-30(33)40)12-10-9-11-31-29(26-15-18-41-34(21-26)42-36(2,3)4)23-45(43-31)28-16-19-44(20-17-28)35(47)50-37(5,6)7/h9-10,12-15,21-23,25,28,41-42H,11,16-20,24H2,1-8H3/b10-9-,32-12+. The molecule has 10 nitrogen and oxygen atoms in total. The largest absolute Gasteiger partial charge is 0.444 e. The maximum Gasteiger partial charge on any atom is 0.410 e. The normalized spacial score (nSPS) is 17.5. The summed E-state index contributed by atoms with van der Waals surface area (Å²) in [4.78, 5) is 14.0. The van der Waals surface area contributed by atoms with Gasteiger partial charge < -0.3 is 25.0 Å². The number of benzene rings is 1. The van der Waals surface area contributed by atoms with E-state index in [1.54, 1.807) is 11.0 Å². The molecule has 2 aliphatic rings. The molecule has 2 N–H and O–H groups in total. The zero-order valence-electron chi connectivity index (χ0n) is 30.8. The second kappa shape index (κ2) is 17.0. The van der Waals surface area contributed by atoms with Crippen molar-refractivity contribution in [2.75, 3.05) is 33.5 Å². The molecule has 2 unspecified atom stereocenters. The fourth-order valence-corrected chi connectivity index (χ4v) is 6.97. The van der Waals surface area contributed by atoms with Crippen LogP contribution in [0.4, 0.5) is 18.0 Å². The first-order chi connectivity index (χ1) is 24.0. The quantitative estimate of drug-likeness (QED) is 0.181. The average molecular weight is 733 g/mol. The van der Waals surface area contributed by atoms with Crippen molar-refractivity contribution in [1.29, 1.82) is 0 Å². The van der Waals surface area contributed by atoms with Crippen LogP contribution in [0.5, 0.6) is 0 Å². The van der Waals surface area contributed by atoms with Crippen LogP contribution in [-0.2, 0) is 26.9 Å². The van der Waals surface area contributed by atoms with E-state index in [1.165, 1.54) is 20.1 Å². The van der Waals surface area contributed by atoms with Crippen molar-refractivity contribution in [3.63, 3.8) is 0 Å². The van der Waals surface area contributed by atoms with E-state index >= 15 is 0 Å². The van der Waals surface area contributed by atoms with Gasteiger partial charge in [-0.2, -0.15) is 5.10 Å². The molecule has 2 atom stereocenters. The van der Waals surface area contributed by atoms with E-state index in [1.807, 2.05) is 37.7 Å². The highest BCUT2D eigenvalue weighted by atomic mass is 32.2. The molecule has 51 heavy (non-hydrogen) atoms. The highest BCUT2D eigenvalue weighted by molar-refractivity contribution is 7.82. The van der Waals surface area contributed by atoms with E-state index in [2.05, 4.69) is 43.6 Å². The van der Waals surface area contributed by atoms with Crippen LogP contribution < -0.4 is 10.6 Å². The Hall–Kier alpha value is -4.04. The van der Waals surface area contributed by atoms with Crippen LogP contribution in [0.1, 0.15) is 78.6 Å². The lowest BCUT2D eigenvalue weighted by molar-refractivity contribution is 0.0184. The Morgan fingerprint density at radius 3 is 2.53 bits per heavy atom. The number of dihydropyridines is 1. The molecule has 0 saturated carbocycles. The molecular weight excluding hydrogens is 682 g/mol. The number of methoxy groups -OCH3 is 1. The van der Waals surface area contributed by atoms with E-state index in [0.717, 1.165) is 45.2 Å². The van der Waals surface area contributed by atoms with Crippen molar-refractivity contribution < 1.29 is 31.6 Å². The molecule has 14 heteroatoms. The third-order valence-corrected chi connectivity index (χ3v) is 9.38. The van der Waals surface area contributed by atoms with Gasteiger partial charge in [-0.05, 0) is 97.2 Å². The molecule has 0 radical (unpaired) electrons. The lowest BCUT2D eigenvalue weighted by atomic mass is 10.0. The molecule has 1 aromatic carbocycles. The van der Waals surface area contributed by atoms with Gasteiger partial charge >= 0.3 is 6.09 Å². The number of carbonyl (C=O) groups is 1. The topological polar surface area (TPSA) is 101 Å². The minimum atomic E-state index is -2.29. The number of likely N-dealkylation sites (tertiary alicyclic amines) is 1. The van der Waals surface area contributed by atoms with Gasteiger partial charge in [-0.3, -0.25) is 8.99 Å². The van der Waals surface area contributed by atoms with Gasteiger partial charge in [0, 0.05) is 50.5 Å². The predicted molar refractivity (Wildman–Crippen MR) is 193 cm³/mol. The molecule has 4 rings (SSSR count). The Morgan fingerprint density at radius 1 is 1.20 bits per heavy atom. The molecular formula is C37H51F3N6O4S. The van der Waals surface area contributed by atoms with Gasteiger partial charge in [0.15, 0.2) is 11.0 Å². The predicted octanol–water partition coefficient (Wildman–Crippen LogP) is 6.92. The fraction of sp³-hybridized carbons (Fsp3) is 0.514. The van der Waals surface area contributed by atoms with Crippen molar-refractivity contribution in [1.82, 2.24) is 29.6 Å². The molecule has 1 fully saturated rings. The molecule has 1 amide bonds. The number of amides is 1. The fourth-order valence-electron chi connectivity index (χ4n) is 5.68. The smallest absolute Gasteiger partial charge is 0.410 e. The van der Waals surface area contributed by atoms with Crippen LogP contribution in [0.2, 0.25) is 0 Å². The van der Waals surface area contributed by atoms with Gasteiger partial charge in [-0.15, -0.1) is 0 Å². The summed E-state index contributed by atoms with van der Waals surface area (Å²) in [7, 11) is -0.945. The number of ether oxygens (including phenoxy) is 2. The van der Waals surface area contributed by atoms with E-state index in [0.29, 0.717) is 38.9 Å². The number of hydrogen-bond donors (Lipinski definition) is 2. The minimum Gasteiger partial charge on any atom is -0.444 e. The Labute approximate surface area is 302 Å². The number of allylic oxidation sites excluding steroid dienone is 6. The summed E-state index contributed by atoms with van der Waals surface area (Å²) >= 11 is 0.